The van der Waals surface area contributed by atoms with Crippen LogP contribution in [0.3, 0.4) is 0 Å². The molecule has 0 amide bonds. The summed E-state index contributed by atoms with van der Waals surface area (Å²) in [7, 11) is 0. The molecule has 0 aliphatic rings. The normalized spacial score (nSPS) is 13.0. The van der Waals surface area contributed by atoms with E-state index in [-0.39, 0.29) is 0 Å². The number of hydrogen-bond donors (Lipinski definition) is 1. The molecule has 0 unspecified atom stereocenters. The topological polar surface area (TPSA) is 55.8 Å². The lowest BCUT2D eigenvalue weighted by Gasteiger charge is -2.24. The summed E-state index contributed by atoms with van der Waals surface area (Å²) in [5, 5.41) is 9.30. The van der Waals surface area contributed by atoms with Gasteiger partial charge in [0.05, 0.1) is 0 Å². The van der Waals surface area contributed by atoms with E-state index in [4.69, 9.17) is 9.47 Å². The molecule has 154 valence electrons. The van der Waals surface area contributed by atoms with Gasteiger partial charge in [0.2, 0.25) is 5.60 Å². The zero-order valence-electron chi connectivity index (χ0n) is 17.2. The van der Waals surface area contributed by atoms with Gasteiger partial charge in [-0.05, 0) is 60.4 Å². The maximum atomic E-state index is 11.3. The number of ether oxygens (including phenoxy) is 2. The molecule has 1 atom stereocenters. The molecule has 0 aliphatic carbocycles. The summed E-state index contributed by atoms with van der Waals surface area (Å²) >= 11 is 0. The van der Waals surface area contributed by atoms with Gasteiger partial charge in [-0.25, -0.2) is 4.79 Å². The molecular formula is C26H26O4. The molecule has 0 bridgehead atoms. The molecule has 3 aromatic carbocycles. The fourth-order valence-corrected chi connectivity index (χ4v) is 2.88. The summed E-state index contributed by atoms with van der Waals surface area (Å²) in [6.07, 6.45) is 4.35. The molecule has 3 rings (SSSR count). The van der Waals surface area contributed by atoms with Crippen LogP contribution >= 0.6 is 0 Å². The van der Waals surface area contributed by atoms with Crippen LogP contribution < -0.4 is 9.47 Å². The fraction of sp³-hybridized carbons (Fsp3) is 0.192. The Kier molecular flexibility index (Phi) is 6.91. The second kappa shape index (κ2) is 9.79. The van der Waals surface area contributed by atoms with Gasteiger partial charge in [0.25, 0.3) is 0 Å². The lowest BCUT2D eigenvalue weighted by atomic mass is 10.0. The van der Waals surface area contributed by atoms with Crippen LogP contribution in [-0.2, 0) is 4.79 Å². The first kappa shape index (κ1) is 21.2. The molecule has 0 saturated carbocycles. The van der Waals surface area contributed by atoms with E-state index in [2.05, 4.69) is 36.4 Å². The standard InChI is InChI=1S/C26H26O4/c1-3-26(2,25(27)28)30-24-17-15-23(16-18-24)29-19-7-8-20-11-13-22(14-12-20)21-9-5-4-6-10-21/h4-18H,3,19H2,1-2H3,(H,27,28)/t26-/m0/s1. The third kappa shape index (κ3) is 5.51. The van der Waals surface area contributed by atoms with E-state index in [1.54, 1.807) is 38.1 Å². The maximum Gasteiger partial charge on any atom is 0.347 e. The lowest BCUT2D eigenvalue weighted by molar-refractivity contribution is -0.154. The number of rotatable bonds is 9. The van der Waals surface area contributed by atoms with E-state index in [0.29, 0.717) is 24.5 Å². The molecule has 0 aliphatic heterocycles. The van der Waals surface area contributed by atoms with Gasteiger partial charge in [0, 0.05) is 0 Å². The molecule has 4 nitrogen and oxygen atoms in total. The predicted octanol–water partition coefficient (Wildman–Crippen LogP) is 6.08. The molecule has 0 heterocycles. The van der Waals surface area contributed by atoms with Crippen molar-refractivity contribution < 1.29 is 19.4 Å². The highest BCUT2D eigenvalue weighted by Gasteiger charge is 2.33. The minimum atomic E-state index is -1.23. The molecule has 0 radical (unpaired) electrons. The zero-order valence-corrected chi connectivity index (χ0v) is 17.2. The van der Waals surface area contributed by atoms with Gasteiger partial charge in [-0.2, -0.15) is 0 Å². The Morgan fingerprint density at radius 3 is 2.10 bits per heavy atom. The van der Waals surface area contributed by atoms with Crippen molar-refractivity contribution in [3.63, 3.8) is 0 Å². The zero-order chi connectivity index (χ0) is 21.4. The minimum Gasteiger partial charge on any atom is -0.490 e. The minimum absolute atomic E-state index is 0.373. The first-order valence-electron chi connectivity index (χ1n) is 9.97. The highest BCUT2D eigenvalue weighted by Crippen LogP contribution is 2.24. The summed E-state index contributed by atoms with van der Waals surface area (Å²) in [6, 6.07) is 25.6. The third-order valence-corrected chi connectivity index (χ3v) is 4.97. The van der Waals surface area contributed by atoms with Crippen molar-refractivity contribution in [3.05, 3.63) is 90.5 Å². The van der Waals surface area contributed by atoms with Crippen LogP contribution in [0.4, 0.5) is 0 Å². The molecule has 4 heteroatoms. The second-order valence-corrected chi connectivity index (χ2v) is 7.16. The van der Waals surface area contributed by atoms with E-state index in [9.17, 15) is 9.90 Å². The largest absolute Gasteiger partial charge is 0.490 e. The molecule has 30 heavy (non-hydrogen) atoms. The Labute approximate surface area is 177 Å². The highest BCUT2D eigenvalue weighted by molar-refractivity contribution is 5.77. The Bertz CT molecular complexity index is 976. The maximum absolute atomic E-state index is 11.3. The van der Waals surface area contributed by atoms with Crippen molar-refractivity contribution in [3.8, 4) is 22.6 Å². The fourth-order valence-electron chi connectivity index (χ4n) is 2.88. The van der Waals surface area contributed by atoms with Gasteiger partial charge in [-0.3, -0.25) is 0 Å². The number of carboxylic acids is 1. The van der Waals surface area contributed by atoms with Crippen molar-refractivity contribution in [2.75, 3.05) is 6.61 Å². The number of hydrogen-bond acceptors (Lipinski definition) is 3. The molecule has 0 aromatic heterocycles. The van der Waals surface area contributed by atoms with Crippen LogP contribution in [0, 0.1) is 0 Å². The average Bonchev–Trinajstić information content (AvgIpc) is 2.78. The van der Waals surface area contributed by atoms with Gasteiger partial charge in [-0.15, -0.1) is 0 Å². The SMILES string of the molecule is CC[C@](C)(Oc1ccc(OCC=Cc2ccc(-c3ccccc3)cc2)cc1)C(=O)O. The Balaban J connectivity index is 1.51. The first-order chi connectivity index (χ1) is 14.5. The van der Waals surface area contributed by atoms with Crippen molar-refractivity contribution in [2.24, 2.45) is 0 Å². The van der Waals surface area contributed by atoms with Crippen LogP contribution in [0.1, 0.15) is 25.8 Å². The summed E-state index contributed by atoms with van der Waals surface area (Å²) in [5.74, 6) is 0.218. The van der Waals surface area contributed by atoms with Crippen molar-refractivity contribution in [1.82, 2.24) is 0 Å². The van der Waals surface area contributed by atoms with Crippen LogP contribution in [0.5, 0.6) is 11.5 Å². The summed E-state index contributed by atoms with van der Waals surface area (Å²) in [4.78, 5) is 11.3. The van der Waals surface area contributed by atoms with Crippen molar-refractivity contribution in [1.29, 1.82) is 0 Å². The Morgan fingerprint density at radius 1 is 0.900 bits per heavy atom. The monoisotopic (exact) mass is 402 g/mol. The van der Waals surface area contributed by atoms with Crippen molar-refractivity contribution in [2.45, 2.75) is 25.9 Å². The van der Waals surface area contributed by atoms with E-state index in [0.717, 1.165) is 5.56 Å². The van der Waals surface area contributed by atoms with Gasteiger partial charge in [-0.1, -0.05) is 67.6 Å². The molecule has 1 N–H and O–H groups in total. The van der Waals surface area contributed by atoms with E-state index >= 15 is 0 Å². The van der Waals surface area contributed by atoms with E-state index in [1.807, 2.05) is 30.4 Å². The number of benzene rings is 3. The van der Waals surface area contributed by atoms with E-state index < -0.39 is 11.6 Å². The summed E-state index contributed by atoms with van der Waals surface area (Å²) in [5.41, 5.74) is 2.26. The number of carbonyl (C=O) groups is 1. The predicted molar refractivity (Wildman–Crippen MR) is 120 cm³/mol. The summed E-state index contributed by atoms with van der Waals surface area (Å²) in [6.45, 7) is 3.78. The van der Waals surface area contributed by atoms with Gasteiger partial charge >= 0.3 is 5.97 Å². The average molecular weight is 402 g/mol. The Hall–Kier alpha value is -3.53. The van der Waals surface area contributed by atoms with Crippen LogP contribution in [-0.4, -0.2) is 23.3 Å². The molecule has 0 saturated heterocycles. The van der Waals surface area contributed by atoms with Crippen molar-refractivity contribution >= 4 is 12.0 Å². The quantitative estimate of drug-likeness (QED) is 0.471. The van der Waals surface area contributed by atoms with Crippen LogP contribution in [0.25, 0.3) is 17.2 Å². The highest BCUT2D eigenvalue weighted by atomic mass is 16.5. The Morgan fingerprint density at radius 2 is 1.50 bits per heavy atom. The van der Waals surface area contributed by atoms with Gasteiger partial charge in [0.1, 0.15) is 18.1 Å². The number of carboxylic acid groups (broad SMARTS) is 1. The van der Waals surface area contributed by atoms with Gasteiger partial charge < -0.3 is 14.6 Å². The van der Waals surface area contributed by atoms with Crippen LogP contribution in [0.15, 0.2) is 84.9 Å². The molecule has 3 aromatic rings. The van der Waals surface area contributed by atoms with Gasteiger partial charge in [0.15, 0.2) is 0 Å². The smallest absolute Gasteiger partial charge is 0.347 e. The molecule has 0 spiro atoms. The molecular weight excluding hydrogens is 376 g/mol. The van der Waals surface area contributed by atoms with Crippen LogP contribution in [0.2, 0.25) is 0 Å². The number of aliphatic carboxylic acids is 1. The second-order valence-electron chi connectivity index (χ2n) is 7.16. The lowest BCUT2D eigenvalue weighted by Crippen LogP contribution is -2.40. The van der Waals surface area contributed by atoms with E-state index in [1.165, 1.54) is 11.1 Å². The third-order valence-electron chi connectivity index (χ3n) is 4.97. The summed E-state index contributed by atoms with van der Waals surface area (Å²) < 4.78 is 11.3. The first-order valence-corrected chi connectivity index (χ1v) is 9.97. The molecule has 0 fully saturated rings.